The normalized spacial score (nSPS) is 8.45. The number of urea groups is 2. The molecule has 8 nitrogen and oxygen atoms in total. The van der Waals surface area contributed by atoms with Crippen molar-refractivity contribution in [2.24, 2.45) is 16.8 Å². The Labute approximate surface area is 61.6 Å². The highest BCUT2D eigenvalue weighted by Crippen LogP contribution is 1.93. The molecule has 0 aliphatic rings. The van der Waals surface area contributed by atoms with Crippen LogP contribution in [0.1, 0.15) is 0 Å². The summed E-state index contributed by atoms with van der Waals surface area (Å²) >= 11 is 0. The van der Waals surface area contributed by atoms with Crippen LogP contribution in [-0.4, -0.2) is 29.2 Å². The highest BCUT2D eigenvalue weighted by molar-refractivity contribution is 5.77. The van der Waals surface area contributed by atoms with Crippen LogP contribution in [0, 0.1) is 4.91 Å². The van der Waals surface area contributed by atoms with Crippen molar-refractivity contribution in [3.8, 4) is 0 Å². The number of carbonyl (C=O) groups excluding carboxylic acids is 2. The molecule has 4 amide bonds. The average molecular weight is 161 g/mol. The van der Waals surface area contributed by atoms with Crippen LogP contribution in [0.5, 0.6) is 0 Å². The van der Waals surface area contributed by atoms with Crippen LogP contribution in [-0.2, 0) is 0 Å². The van der Waals surface area contributed by atoms with Gasteiger partial charge in [0.15, 0.2) is 0 Å². The van der Waals surface area contributed by atoms with Crippen molar-refractivity contribution in [1.82, 2.24) is 10.1 Å². The van der Waals surface area contributed by atoms with Crippen molar-refractivity contribution in [3.63, 3.8) is 0 Å². The Morgan fingerprint density at radius 1 is 1.27 bits per heavy atom. The standard InChI is InChI=1S/C3H7N5O3/c1-7(2(4)9)8(6-11)3(5)10/h1H3,(H2,4,9)(H2,5,10). The number of hydrazine groups is 1. The highest BCUT2D eigenvalue weighted by Gasteiger charge is 2.18. The molecule has 62 valence electrons. The summed E-state index contributed by atoms with van der Waals surface area (Å²) in [5.74, 6) is 0. The topological polar surface area (TPSA) is 122 Å². The Balaban J connectivity index is 4.37. The Bertz CT molecular complexity index is 191. The van der Waals surface area contributed by atoms with Gasteiger partial charge in [-0.3, -0.25) is 0 Å². The van der Waals surface area contributed by atoms with Crippen LogP contribution >= 0.6 is 0 Å². The molecule has 0 spiro atoms. The van der Waals surface area contributed by atoms with E-state index in [-0.39, 0.29) is 5.12 Å². The van der Waals surface area contributed by atoms with Gasteiger partial charge in [-0.25, -0.2) is 14.6 Å². The molecular formula is C3H7N5O3. The monoisotopic (exact) mass is 161 g/mol. The van der Waals surface area contributed by atoms with Gasteiger partial charge in [0.2, 0.25) is 0 Å². The van der Waals surface area contributed by atoms with Crippen LogP contribution < -0.4 is 11.5 Å². The summed E-state index contributed by atoms with van der Waals surface area (Å²) in [6.45, 7) is 0. The molecule has 8 heteroatoms. The number of hydrogen-bond donors (Lipinski definition) is 2. The molecular weight excluding hydrogens is 154 g/mol. The largest absolute Gasteiger partial charge is 0.357 e. The molecule has 0 heterocycles. The fraction of sp³-hybridized carbons (Fsp3) is 0.333. The lowest BCUT2D eigenvalue weighted by Crippen LogP contribution is -2.48. The summed E-state index contributed by atoms with van der Waals surface area (Å²) in [5.41, 5.74) is 9.32. The summed E-state index contributed by atoms with van der Waals surface area (Å²) in [4.78, 5) is 30.4. The molecule has 11 heavy (non-hydrogen) atoms. The van der Waals surface area contributed by atoms with Gasteiger partial charge in [0, 0.05) is 7.05 Å². The lowest BCUT2D eigenvalue weighted by atomic mass is 10.9. The lowest BCUT2D eigenvalue weighted by molar-refractivity contribution is 0.0769. The first-order valence-corrected chi connectivity index (χ1v) is 2.46. The number of nitrogens with zero attached hydrogens (tertiary/aromatic N) is 3. The second-order valence-corrected chi connectivity index (χ2v) is 1.57. The van der Waals surface area contributed by atoms with Crippen LogP contribution in [0.25, 0.3) is 0 Å². The van der Waals surface area contributed by atoms with Gasteiger partial charge in [0.1, 0.15) is 0 Å². The zero-order valence-electron chi connectivity index (χ0n) is 5.72. The van der Waals surface area contributed by atoms with Crippen LogP contribution in [0.4, 0.5) is 9.59 Å². The number of nitrogens with two attached hydrogens (primary N) is 2. The molecule has 0 aromatic carbocycles. The molecule has 0 saturated carbocycles. The fourth-order valence-corrected chi connectivity index (χ4v) is 0.336. The Kier molecular flexibility index (Phi) is 2.78. The molecule has 0 fully saturated rings. The first-order valence-electron chi connectivity index (χ1n) is 2.46. The van der Waals surface area contributed by atoms with Crippen molar-refractivity contribution >= 4 is 12.1 Å². The number of carbonyl (C=O) groups is 2. The Morgan fingerprint density at radius 3 is 1.82 bits per heavy atom. The lowest BCUT2D eigenvalue weighted by Gasteiger charge is -2.19. The van der Waals surface area contributed by atoms with Crippen molar-refractivity contribution in [2.45, 2.75) is 0 Å². The van der Waals surface area contributed by atoms with E-state index in [4.69, 9.17) is 0 Å². The smallest absolute Gasteiger partial charge is 0.350 e. The minimum Gasteiger partial charge on any atom is -0.350 e. The van der Waals surface area contributed by atoms with Gasteiger partial charge in [0.25, 0.3) is 0 Å². The number of amides is 4. The zero-order chi connectivity index (χ0) is 9.02. The van der Waals surface area contributed by atoms with Crippen LogP contribution in [0.15, 0.2) is 5.29 Å². The number of hydrogen-bond acceptors (Lipinski definition) is 4. The minimum atomic E-state index is -1.18. The summed E-state index contributed by atoms with van der Waals surface area (Å²) in [7, 11) is 1.08. The van der Waals surface area contributed by atoms with Gasteiger partial charge >= 0.3 is 12.1 Å². The van der Waals surface area contributed by atoms with Crippen LogP contribution in [0.2, 0.25) is 0 Å². The van der Waals surface area contributed by atoms with E-state index in [1.54, 1.807) is 0 Å². The van der Waals surface area contributed by atoms with E-state index in [9.17, 15) is 14.5 Å². The van der Waals surface area contributed by atoms with E-state index in [0.29, 0.717) is 5.01 Å². The quantitative estimate of drug-likeness (QED) is 0.377. The van der Waals surface area contributed by atoms with Crippen molar-refractivity contribution < 1.29 is 9.59 Å². The molecule has 0 bridgehead atoms. The first-order chi connectivity index (χ1) is 5.00. The number of nitroso groups, excluding NO2 is 1. The van der Waals surface area contributed by atoms with Crippen LogP contribution in [0.3, 0.4) is 0 Å². The van der Waals surface area contributed by atoms with Gasteiger partial charge in [-0.2, -0.15) is 0 Å². The average Bonchev–Trinajstić information content (AvgIpc) is 1.88. The molecule has 0 aliphatic carbocycles. The van der Waals surface area contributed by atoms with Gasteiger partial charge in [-0.05, 0) is 0 Å². The maximum absolute atomic E-state index is 10.3. The third-order valence-electron chi connectivity index (χ3n) is 0.878. The van der Waals surface area contributed by atoms with E-state index < -0.39 is 12.1 Å². The molecule has 0 aromatic heterocycles. The molecule has 0 aliphatic heterocycles. The van der Waals surface area contributed by atoms with Gasteiger partial charge < -0.3 is 11.5 Å². The predicted octanol–water partition coefficient (Wildman–Crippen LogP) is -1.03. The number of rotatable bonds is 1. The van der Waals surface area contributed by atoms with Gasteiger partial charge in [-0.1, -0.05) is 5.12 Å². The first kappa shape index (κ1) is 9.14. The third-order valence-corrected chi connectivity index (χ3v) is 0.878. The Hall–Kier alpha value is -1.86. The number of primary amides is 2. The molecule has 0 atom stereocenters. The SMILES string of the molecule is CN(C(N)=O)N(N=O)C(N)=O. The molecule has 0 rings (SSSR count). The van der Waals surface area contributed by atoms with E-state index in [0.717, 1.165) is 7.05 Å². The highest BCUT2D eigenvalue weighted by atomic mass is 16.3. The fourth-order valence-electron chi connectivity index (χ4n) is 0.336. The van der Waals surface area contributed by atoms with Crippen molar-refractivity contribution in [2.75, 3.05) is 7.05 Å². The molecule has 0 radical (unpaired) electrons. The second kappa shape index (κ2) is 3.34. The molecule has 0 saturated heterocycles. The maximum atomic E-state index is 10.3. The minimum absolute atomic E-state index is 0.0995. The third kappa shape index (κ3) is 2.08. The summed E-state index contributed by atoms with van der Waals surface area (Å²) in [5, 5.41) is 2.72. The van der Waals surface area contributed by atoms with E-state index in [2.05, 4.69) is 16.8 Å². The molecule has 4 N–H and O–H groups in total. The maximum Gasteiger partial charge on any atom is 0.357 e. The van der Waals surface area contributed by atoms with E-state index in [1.807, 2.05) is 0 Å². The van der Waals surface area contributed by atoms with Gasteiger partial charge in [-0.15, -0.1) is 4.91 Å². The summed E-state index contributed by atoms with van der Waals surface area (Å²) < 4.78 is 0. The molecule has 0 unspecified atom stereocenters. The van der Waals surface area contributed by atoms with Gasteiger partial charge in [0.05, 0.1) is 5.29 Å². The van der Waals surface area contributed by atoms with E-state index in [1.165, 1.54) is 0 Å². The van der Waals surface area contributed by atoms with E-state index >= 15 is 0 Å². The second-order valence-electron chi connectivity index (χ2n) is 1.57. The summed E-state index contributed by atoms with van der Waals surface area (Å²) in [6.07, 6.45) is 0. The van der Waals surface area contributed by atoms with Crippen molar-refractivity contribution in [1.29, 1.82) is 0 Å². The van der Waals surface area contributed by atoms with Crippen molar-refractivity contribution in [3.05, 3.63) is 4.91 Å². The predicted molar refractivity (Wildman–Crippen MR) is 34.6 cm³/mol. The molecule has 0 aromatic rings. The Morgan fingerprint density at radius 2 is 1.73 bits per heavy atom. The zero-order valence-corrected chi connectivity index (χ0v) is 5.72. The summed E-state index contributed by atoms with van der Waals surface area (Å²) in [6, 6.07) is -2.19.